The molecule has 2 aromatic carbocycles. The molecule has 0 aliphatic heterocycles. The number of rotatable bonds is 6. The Morgan fingerprint density at radius 2 is 1.83 bits per heavy atom. The van der Waals surface area contributed by atoms with Crippen molar-refractivity contribution in [1.29, 1.82) is 0 Å². The third-order valence-electron chi connectivity index (χ3n) is 2.95. The number of carbonyl (C=O) groups is 1. The molecule has 0 aromatic heterocycles. The number of nitrogens with one attached hydrogen (secondary N) is 1. The smallest absolute Gasteiger partial charge is 0.229 e. The van der Waals surface area contributed by atoms with Crippen LogP contribution in [0.15, 0.2) is 48.5 Å². The Morgan fingerprint density at radius 3 is 2.39 bits per heavy atom. The minimum Gasteiger partial charge on any atom is -0.483 e. The second-order valence-corrected chi connectivity index (χ2v) is 7.22. The van der Waals surface area contributed by atoms with Gasteiger partial charge in [0.05, 0.1) is 6.26 Å². The van der Waals surface area contributed by atoms with Crippen LogP contribution in [0.2, 0.25) is 5.02 Å². The molecule has 0 spiro atoms. The van der Waals surface area contributed by atoms with E-state index in [1.165, 1.54) is 12.1 Å². The average molecular weight is 354 g/mol. The van der Waals surface area contributed by atoms with E-state index in [9.17, 15) is 13.2 Å². The van der Waals surface area contributed by atoms with Crippen molar-refractivity contribution < 1.29 is 17.9 Å². The number of hydrogen-bond donors (Lipinski definition) is 1. The molecule has 7 heteroatoms. The van der Waals surface area contributed by atoms with Crippen LogP contribution in [0.25, 0.3) is 0 Å². The minimum atomic E-state index is -3.34. The van der Waals surface area contributed by atoms with Gasteiger partial charge in [-0.1, -0.05) is 17.7 Å². The van der Waals surface area contributed by atoms with Gasteiger partial charge in [-0.3, -0.25) is 9.52 Å². The van der Waals surface area contributed by atoms with Crippen molar-refractivity contribution in [2.24, 2.45) is 0 Å². The van der Waals surface area contributed by atoms with Gasteiger partial charge in [0.1, 0.15) is 5.75 Å². The average Bonchev–Trinajstić information content (AvgIpc) is 2.45. The standard InChI is InChI=1S/C16H16ClNO4S/c1-11(22-15-5-3-4-13(17)10-15)16(19)12-6-8-14(9-7-12)18-23(2,20)21/h3-11,18H,1-2H3/t11-/m0/s1. The number of anilines is 1. The number of ether oxygens (including phenoxy) is 1. The van der Waals surface area contributed by atoms with Gasteiger partial charge >= 0.3 is 0 Å². The van der Waals surface area contributed by atoms with Crippen LogP contribution in [-0.2, 0) is 10.0 Å². The molecule has 2 aromatic rings. The molecular formula is C16H16ClNO4S. The topological polar surface area (TPSA) is 72.5 Å². The maximum absolute atomic E-state index is 12.3. The molecule has 0 unspecified atom stereocenters. The minimum absolute atomic E-state index is 0.212. The molecule has 0 radical (unpaired) electrons. The number of sulfonamides is 1. The van der Waals surface area contributed by atoms with E-state index in [0.717, 1.165) is 6.26 Å². The normalized spacial score (nSPS) is 12.5. The fourth-order valence-corrected chi connectivity index (χ4v) is 2.69. The van der Waals surface area contributed by atoms with Crippen molar-refractivity contribution in [3.05, 3.63) is 59.1 Å². The molecule has 122 valence electrons. The van der Waals surface area contributed by atoms with E-state index in [-0.39, 0.29) is 5.78 Å². The summed E-state index contributed by atoms with van der Waals surface area (Å²) in [7, 11) is -3.34. The molecule has 0 aliphatic rings. The van der Waals surface area contributed by atoms with E-state index < -0.39 is 16.1 Å². The summed E-state index contributed by atoms with van der Waals surface area (Å²) in [6.07, 6.45) is 0.370. The summed E-state index contributed by atoms with van der Waals surface area (Å²) in [5.74, 6) is 0.296. The van der Waals surface area contributed by atoms with Gasteiger partial charge in [-0.2, -0.15) is 0 Å². The lowest BCUT2D eigenvalue weighted by Crippen LogP contribution is -2.23. The monoisotopic (exact) mass is 353 g/mol. The molecule has 2 rings (SSSR count). The molecule has 0 aliphatic carbocycles. The summed E-state index contributed by atoms with van der Waals surface area (Å²) >= 11 is 5.87. The predicted molar refractivity (Wildman–Crippen MR) is 90.8 cm³/mol. The van der Waals surface area contributed by atoms with Gasteiger partial charge in [0.2, 0.25) is 15.8 Å². The van der Waals surface area contributed by atoms with Gasteiger partial charge in [0, 0.05) is 16.3 Å². The summed E-state index contributed by atoms with van der Waals surface area (Å²) in [6.45, 7) is 1.64. The third kappa shape index (κ3) is 5.26. The molecule has 0 saturated carbocycles. The Balaban J connectivity index is 2.07. The van der Waals surface area contributed by atoms with E-state index in [4.69, 9.17) is 16.3 Å². The first-order valence-electron chi connectivity index (χ1n) is 6.79. The summed E-state index contributed by atoms with van der Waals surface area (Å²) in [6, 6.07) is 13.0. The first-order chi connectivity index (χ1) is 10.7. The molecule has 0 heterocycles. The Labute approximate surface area is 140 Å². The van der Waals surface area contributed by atoms with Crippen molar-refractivity contribution in [2.75, 3.05) is 11.0 Å². The number of halogens is 1. The van der Waals surface area contributed by atoms with Crippen LogP contribution in [-0.4, -0.2) is 26.6 Å². The van der Waals surface area contributed by atoms with Crippen LogP contribution in [0.3, 0.4) is 0 Å². The Kier molecular flexibility index (Phi) is 5.28. The van der Waals surface area contributed by atoms with Crippen molar-refractivity contribution >= 4 is 33.1 Å². The first kappa shape index (κ1) is 17.3. The van der Waals surface area contributed by atoms with Crippen LogP contribution < -0.4 is 9.46 Å². The molecule has 1 atom stereocenters. The maximum atomic E-state index is 12.3. The quantitative estimate of drug-likeness (QED) is 0.808. The van der Waals surface area contributed by atoms with Crippen LogP contribution in [0.1, 0.15) is 17.3 Å². The van der Waals surface area contributed by atoms with Crippen LogP contribution in [0, 0.1) is 0 Å². The van der Waals surface area contributed by atoms with Crippen molar-refractivity contribution in [2.45, 2.75) is 13.0 Å². The zero-order chi connectivity index (χ0) is 17.0. The van der Waals surface area contributed by atoms with Crippen molar-refractivity contribution in [3.63, 3.8) is 0 Å². The number of benzene rings is 2. The third-order valence-corrected chi connectivity index (χ3v) is 3.79. The fraction of sp³-hybridized carbons (Fsp3) is 0.188. The second kappa shape index (κ2) is 7.02. The Bertz CT molecular complexity index is 803. The molecule has 0 saturated heterocycles. The highest BCUT2D eigenvalue weighted by molar-refractivity contribution is 7.92. The highest BCUT2D eigenvalue weighted by atomic mass is 35.5. The molecular weight excluding hydrogens is 338 g/mol. The van der Waals surface area contributed by atoms with Crippen molar-refractivity contribution in [1.82, 2.24) is 0 Å². The molecule has 5 nitrogen and oxygen atoms in total. The lowest BCUT2D eigenvalue weighted by atomic mass is 10.1. The van der Waals surface area contributed by atoms with E-state index in [0.29, 0.717) is 22.0 Å². The maximum Gasteiger partial charge on any atom is 0.229 e. The zero-order valence-corrected chi connectivity index (χ0v) is 14.2. The zero-order valence-electron chi connectivity index (χ0n) is 12.6. The summed E-state index contributed by atoms with van der Waals surface area (Å²) < 4.78 is 30.2. The Morgan fingerprint density at radius 1 is 1.17 bits per heavy atom. The molecule has 0 fully saturated rings. The van der Waals surface area contributed by atoms with Crippen molar-refractivity contribution in [3.8, 4) is 5.75 Å². The molecule has 1 N–H and O–H groups in total. The summed E-state index contributed by atoms with van der Waals surface area (Å²) in [5.41, 5.74) is 0.825. The van der Waals surface area contributed by atoms with E-state index in [1.807, 2.05) is 0 Å². The Hall–Kier alpha value is -2.05. The van der Waals surface area contributed by atoms with Crippen LogP contribution >= 0.6 is 11.6 Å². The number of ketones is 1. The van der Waals surface area contributed by atoms with Crippen LogP contribution in [0.4, 0.5) is 5.69 Å². The van der Waals surface area contributed by atoms with E-state index in [1.54, 1.807) is 43.3 Å². The number of carbonyl (C=O) groups excluding carboxylic acids is 1. The predicted octanol–water partition coefficient (Wildman–Crippen LogP) is 3.36. The summed E-state index contributed by atoms with van der Waals surface area (Å²) in [4.78, 5) is 12.3. The molecule has 0 amide bonds. The van der Waals surface area contributed by atoms with Gasteiger partial charge in [-0.25, -0.2) is 8.42 Å². The number of hydrogen-bond acceptors (Lipinski definition) is 4. The molecule has 23 heavy (non-hydrogen) atoms. The highest BCUT2D eigenvalue weighted by Crippen LogP contribution is 2.20. The SMILES string of the molecule is C[C@H](Oc1cccc(Cl)c1)C(=O)c1ccc(NS(C)(=O)=O)cc1. The van der Waals surface area contributed by atoms with E-state index in [2.05, 4.69) is 4.72 Å². The van der Waals surface area contributed by atoms with E-state index >= 15 is 0 Å². The number of Topliss-reactive ketones (excluding diaryl/α,β-unsaturated/α-hetero) is 1. The van der Waals surface area contributed by atoms with Crippen LogP contribution in [0.5, 0.6) is 5.75 Å². The summed E-state index contributed by atoms with van der Waals surface area (Å²) in [5, 5.41) is 0.526. The lowest BCUT2D eigenvalue weighted by molar-refractivity contribution is 0.0818. The van der Waals surface area contributed by atoms with Gasteiger partial charge < -0.3 is 4.74 Å². The largest absolute Gasteiger partial charge is 0.483 e. The fourth-order valence-electron chi connectivity index (χ4n) is 1.95. The second-order valence-electron chi connectivity index (χ2n) is 5.03. The molecule has 0 bridgehead atoms. The van der Waals surface area contributed by atoms with Gasteiger partial charge in [0.25, 0.3) is 0 Å². The van der Waals surface area contributed by atoms with Gasteiger partial charge in [0.15, 0.2) is 6.10 Å². The highest BCUT2D eigenvalue weighted by Gasteiger charge is 2.17. The van der Waals surface area contributed by atoms with Gasteiger partial charge in [-0.05, 0) is 49.4 Å². The lowest BCUT2D eigenvalue weighted by Gasteiger charge is -2.14. The first-order valence-corrected chi connectivity index (χ1v) is 9.06. The van der Waals surface area contributed by atoms with Gasteiger partial charge in [-0.15, -0.1) is 0 Å².